The lowest BCUT2D eigenvalue weighted by atomic mass is 9.64. The number of carbonyl (C=O) groups is 1. The molecular weight excluding hydrogens is 300 g/mol. The van der Waals surface area contributed by atoms with Gasteiger partial charge in [-0.1, -0.05) is 12.8 Å². The minimum Gasteiger partial charge on any atom is -0.389 e. The first-order valence-electron chi connectivity index (χ1n) is 10.0. The highest BCUT2D eigenvalue weighted by Gasteiger charge is 2.43. The smallest absolute Gasteiger partial charge is 0.222 e. The fourth-order valence-electron chi connectivity index (χ4n) is 5.31. The van der Waals surface area contributed by atoms with Crippen LogP contribution in [0.15, 0.2) is 0 Å². The van der Waals surface area contributed by atoms with Crippen molar-refractivity contribution in [2.75, 3.05) is 33.7 Å². The highest BCUT2D eigenvalue weighted by molar-refractivity contribution is 5.76. The summed E-state index contributed by atoms with van der Waals surface area (Å²) in [4.78, 5) is 16.8. The Labute approximate surface area is 147 Å². The number of hydrogen-bond donors (Lipinski definition) is 1. The summed E-state index contributed by atoms with van der Waals surface area (Å²) >= 11 is 0. The topological polar surface area (TPSA) is 43.8 Å². The van der Waals surface area contributed by atoms with Crippen LogP contribution in [0, 0.1) is 11.3 Å². The summed E-state index contributed by atoms with van der Waals surface area (Å²) in [7, 11) is 4.08. The number of likely N-dealkylation sites (tertiary alicyclic amines) is 1. The van der Waals surface area contributed by atoms with Crippen molar-refractivity contribution < 1.29 is 9.90 Å². The van der Waals surface area contributed by atoms with Crippen molar-refractivity contribution >= 4 is 5.91 Å². The van der Waals surface area contributed by atoms with E-state index in [1.807, 2.05) is 14.1 Å². The number of carbonyl (C=O) groups excluding carboxylic acids is 1. The second-order valence-corrected chi connectivity index (χ2v) is 9.20. The minimum atomic E-state index is -0.496. The number of likely N-dealkylation sites (N-methyl/N-ethyl adjacent to an activating group) is 1. The molecule has 3 rings (SSSR count). The van der Waals surface area contributed by atoms with E-state index in [9.17, 15) is 9.90 Å². The molecule has 1 amide bonds. The second-order valence-electron chi connectivity index (χ2n) is 9.20. The molecule has 24 heavy (non-hydrogen) atoms. The zero-order valence-corrected chi connectivity index (χ0v) is 15.7. The lowest BCUT2D eigenvalue weighted by Gasteiger charge is -2.49. The summed E-state index contributed by atoms with van der Waals surface area (Å²) in [6.45, 7) is 2.66. The van der Waals surface area contributed by atoms with Gasteiger partial charge in [0.05, 0.1) is 5.60 Å². The van der Waals surface area contributed by atoms with Crippen molar-refractivity contribution in [1.29, 1.82) is 0 Å². The molecule has 1 aliphatic heterocycles. The first kappa shape index (κ1) is 18.2. The van der Waals surface area contributed by atoms with Gasteiger partial charge in [-0.25, -0.2) is 0 Å². The van der Waals surface area contributed by atoms with E-state index in [4.69, 9.17) is 0 Å². The summed E-state index contributed by atoms with van der Waals surface area (Å²) in [5, 5.41) is 10.7. The number of aliphatic hydroxyl groups is 1. The molecule has 3 fully saturated rings. The average Bonchev–Trinajstić information content (AvgIpc) is 3.04. The first-order chi connectivity index (χ1) is 11.4. The van der Waals surface area contributed by atoms with Crippen LogP contribution in [-0.4, -0.2) is 60.1 Å². The molecular formula is C20H36N2O2. The Morgan fingerprint density at radius 1 is 1.04 bits per heavy atom. The van der Waals surface area contributed by atoms with E-state index in [2.05, 4.69) is 9.80 Å². The predicted octanol–water partition coefficient (Wildman–Crippen LogP) is 3.04. The summed E-state index contributed by atoms with van der Waals surface area (Å²) in [6.07, 6.45) is 12.3. The van der Waals surface area contributed by atoms with Gasteiger partial charge in [0.2, 0.25) is 5.91 Å². The van der Waals surface area contributed by atoms with E-state index in [0.717, 1.165) is 64.6 Å². The molecule has 0 radical (unpaired) electrons. The highest BCUT2D eigenvalue weighted by Crippen LogP contribution is 2.47. The summed E-state index contributed by atoms with van der Waals surface area (Å²) in [5.74, 6) is 1.06. The molecule has 1 N–H and O–H groups in total. The zero-order chi connectivity index (χ0) is 17.2. The third-order valence-electron chi connectivity index (χ3n) is 6.97. The van der Waals surface area contributed by atoms with Gasteiger partial charge in [0.25, 0.3) is 0 Å². The van der Waals surface area contributed by atoms with Crippen LogP contribution in [0.5, 0.6) is 0 Å². The summed E-state index contributed by atoms with van der Waals surface area (Å²) in [6, 6.07) is 0. The number of amides is 1. The van der Waals surface area contributed by atoms with Crippen LogP contribution in [0.3, 0.4) is 0 Å². The normalized spacial score (nSPS) is 27.1. The van der Waals surface area contributed by atoms with Crippen molar-refractivity contribution in [1.82, 2.24) is 9.80 Å². The van der Waals surface area contributed by atoms with Crippen LogP contribution in [0.25, 0.3) is 0 Å². The Morgan fingerprint density at radius 2 is 1.62 bits per heavy atom. The molecule has 4 heteroatoms. The van der Waals surface area contributed by atoms with Gasteiger partial charge < -0.3 is 14.9 Å². The monoisotopic (exact) mass is 336 g/mol. The fraction of sp³-hybridized carbons (Fsp3) is 0.950. The fourth-order valence-corrected chi connectivity index (χ4v) is 5.31. The first-order valence-corrected chi connectivity index (χ1v) is 10.0. The molecule has 138 valence electrons. The molecule has 0 unspecified atom stereocenters. The Balaban J connectivity index is 1.46. The van der Waals surface area contributed by atoms with Gasteiger partial charge in [-0.15, -0.1) is 0 Å². The number of nitrogens with zero attached hydrogens (tertiary/aromatic N) is 2. The molecule has 2 saturated carbocycles. The van der Waals surface area contributed by atoms with E-state index < -0.39 is 5.60 Å². The molecule has 0 aromatic heterocycles. The summed E-state index contributed by atoms with van der Waals surface area (Å²) in [5.41, 5.74) is -0.104. The number of rotatable bonds is 4. The van der Waals surface area contributed by atoms with E-state index in [0.29, 0.717) is 17.2 Å². The maximum absolute atomic E-state index is 12.5. The van der Waals surface area contributed by atoms with Crippen molar-refractivity contribution in [2.45, 2.75) is 76.2 Å². The highest BCUT2D eigenvalue weighted by atomic mass is 16.3. The third-order valence-corrected chi connectivity index (χ3v) is 6.97. The van der Waals surface area contributed by atoms with Crippen molar-refractivity contribution in [3.05, 3.63) is 0 Å². The SMILES string of the molecule is CN(C)CC1(O)CCC2(CCN(C(=O)CC3CCCC3)CC2)CC1. The molecule has 1 saturated heterocycles. The minimum absolute atomic E-state index is 0.392. The van der Waals surface area contributed by atoms with Crippen molar-refractivity contribution in [2.24, 2.45) is 11.3 Å². The van der Waals surface area contributed by atoms with Gasteiger partial charge in [0.1, 0.15) is 0 Å². The summed E-state index contributed by atoms with van der Waals surface area (Å²) < 4.78 is 0. The van der Waals surface area contributed by atoms with E-state index in [1.54, 1.807) is 0 Å². The van der Waals surface area contributed by atoms with Gasteiger partial charge in [-0.3, -0.25) is 4.79 Å². The molecule has 0 aromatic rings. The lowest BCUT2D eigenvalue weighted by Crippen LogP contribution is -2.50. The van der Waals surface area contributed by atoms with Crippen LogP contribution in [0.2, 0.25) is 0 Å². The molecule has 2 aliphatic carbocycles. The number of piperidine rings is 1. The van der Waals surface area contributed by atoms with Crippen molar-refractivity contribution in [3.8, 4) is 0 Å². The van der Waals surface area contributed by atoms with Gasteiger partial charge in [0.15, 0.2) is 0 Å². The van der Waals surface area contributed by atoms with E-state index >= 15 is 0 Å². The molecule has 1 heterocycles. The maximum atomic E-state index is 12.5. The zero-order valence-electron chi connectivity index (χ0n) is 15.7. The molecule has 0 aromatic carbocycles. The average molecular weight is 337 g/mol. The largest absolute Gasteiger partial charge is 0.389 e. The third kappa shape index (κ3) is 4.32. The van der Waals surface area contributed by atoms with Crippen LogP contribution in [-0.2, 0) is 4.79 Å². The van der Waals surface area contributed by atoms with Gasteiger partial charge >= 0.3 is 0 Å². The quantitative estimate of drug-likeness (QED) is 0.858. The predicted molar refractivity (Wildman–Crippen MR) is 96.8 cm³/mol. The Hall–Kier alpha value is -0.610. The lowest BCUT2D eigenvalue weighted by molar-refractivity contribution is -0.136. The van der Waals surface area contributed by atoms with E-state index in [-0.39, 0.29) is 0 Å². The molecule has 3 aliphatic rings. The Bertz CT molecular complexity index is 425. The van der Waals surface area contributed by atoms with Crippen LogP contribution >= 0.6 is 0 Å². The molecule has 1 spiro atoms. The van der Waals surface area contributed by atoms with Crippen LogP contribution < -0.4 is 0 Å². The Morgan fingerprint density at radius 3 is 2.17 bits per heavy atom. The maximum Gasteiger partial charge on any atom is 0.222 e. The molecule has 0 bridgehead atoms. The van der Waals surface area contributed by atoms with Gasteiger partial charge in [-0.05, 0) is 76.8 Å². The van der Waals surface area contributed by atoms with Crippen molar-refractivity contribution in [3.63, 3.8) is 0 Å². The van der Waals surface area contributed by atoms with E-state index in [1.165, 1.54) is 25.7 Å². The van der Waals surface area contributed by atoms with Crippen LogP contribution in [0.1, 0.15) is 70.6 Å². The Kier molecular flexibility index (Phi) is 5.55. The molecule has 0 atom stereocenters. The van der Waals surface area contributed by atoms with Crippen LogP contribution in [0.4, 0.5) is 0 Å². The van der Waals surface area contributed by atoms with Gasteiger partial charge in [-0.2, -0.15) is 0 Å². The second kappa shape index (κ2) is 7.33. The number of hydrogen-bond acceptors (Lipinski definition) is 3. The molecule has 4 nitrogen and oxygen atoms in total. The van der Waals surface area contributed by atoms with Gasteiger partial charge in [0, 0.05) is 26.1 Å². The standard InChI is InChI=1S/C20H36N2O2/c1-21(2)16-20(24)9-7-19(8-10-20)11-13-22(14-12-19)18(23)15-17-5-3-4-6-17/h17,24H,3-16H2,1-2H3.